The van der Waals surface area contributed by atoms with Gasteiger partial charge in [-0.05, 0) is 13.3 Å². The third-order valence-electron chi connectivity index (χ3n) is 0.670. The number of ether oxygens (including phenoxy) is 1. The second-order valence-corrected chi connectivity index (χ2v) is 1.63. The van der Waals surface area contributed by atoms with E-state index in [1.807, 2.05) is 13.0 Å². The van der Waals surface area contributed by atoms with Gasteiger partial charge in [0.05, 0.1) is 12.4 Å². The Labute approximate surface area is 50.7 Å². The van der Waals surface area contributed by atoms with Crippen molar-refractivity contribution in [2.45, 2.75) is 13.3 Å². The molecule has 0 aromatic carbocycles. The molecule has 1 heteroatoms. The molecule has 0 radical (unpaired) electrons. The molecule has 0 amide bonds. The average Bonchev–Trinajstić information content (AvgIpc) is 1.66. The van der Waals surface area contributed by atoms with Crippen molar-refractivity contribution in [3.8, 4) is 0 Å². The molecule has 0 saturated heterocycles. The van der Waals surface area contributed by atoms with E-state index in [-0.39, 0.29) is 0 Å². The van der Waals surface area contributed by atoms with Crippen LogP contribution in [0, 0.1) is 0 Å². The van der Waals surface area contributed by atoms with E-state index in [1.165, 1.54) is 0 Å². The fourth-order valence-electron chi connectivity index (χ4n) is 0.316. The third-order valence-corrected chi connectivity index (χ3v) is 0.670. The first-order valence-corrected chi connectivity index (χ1v) is 2.66. The molecule has 0 heterocycles. The Hall–Kier alpha value is -0.720. The Bertz CT molecular complexity index is 84.4. The minimum atomic E-state index is 0.707. The van der Waals surface area contributed by atoms with Crippen LogP contribution in [-0.2, 0) is 4.74 Å². The fourth-order valence-corrected chi connectivity index (χ4v) is 0.316. The zero-order valence-corrected chi connectivity index (χ0v) is 5.31. The number of allylic oxidation sites excluding steroid dienone is 1. The Kier molecular flexibility index (Phi) is 4.04. The van der Waals surface area contributed by atoms with Gasteiger partial charge in [0.1, 0.15) is 0 Å². The standard InChI is InChI=1S/C7H12O/c1-4-5-6-8-7(2)3/h4H,1-2,5-6H2,3H3. The minimum absolute atomic E-state index is 0.707. The van der Waals surface area contributed by atoms with Crippen molar-refractivity contribution in [1.82, 2.24) is 0 Å². The summed E-state index contributed by atoms with van der Waals surface area (Å²) in [6.07, 6.45) is 2.72. The van der Waals surface area contributed by atoms with Gasteiger partial charge in [0.2, 0.25) is 0 Å². The summed E-state index contributed by atoms with van der Waals surface area (Å²) in [6.45, 7) is 9.66. The van der Waals surface area contributed by atoms with Crippen molar-refractivity contribution >= 4 is 0 Å². The second kappa shape index (κ2) is 4.44. The van der Waals surface area contributed by atoms with Crippen molar-refractivity contribution in [1.29, 1.82) is 0 Å². The van der Waals surface area contributed by atoms with Gasteiger partial charge in [0.25, 0.3) is 0 Å². The van der Waals surface area contributed by atoms with Crippen molar-refractivity contribution in [3.63, 3.8) is 0 Å². The molecule has 0 aromatic heterocycles. The lowest BCUT2D eigenvalue weighted by Gasteiger charge is -1.99. The quantitative estimate of drug-likeness (QED) is 0.307. The Morgan fingerprint density at radius 2 is 2.38 bits per heavy atom. The average molecular weight is 112 g/mol. The van der Waals surface area contributed by atoms with Gasteiger partial charge in [-0.2, -0.15) is 0 Å². The molecule has 0 unspecified atom stereocenters. The van der Waals surface area contributed by atoms with E-state index in [4.69, 9.17) is 4.74 Å². The molecule has 0 aliphatic heterocycles. The van der Waals surface area contributed by atoms with Gasteiger partial charge in [-0.3, -0.25) is 0 Å². The molecule has 0 fully saturated rings. The summed E-state index contributed by atoms with van der Waals surface area (Å²) in [4.78, 5) is 0. The molecule has 0 bridgehead atoms. The van der Waals surface area contributed by atoms with Crippen LogP contribution in [0.5, 0.6) is 0 Å². The van der Waals surface area contributed by atoms with E-state index in [9.17, 15) is 0 Å². The lowest BCUT2D eigenvalue weighted by atomic mass is 10.4. The highest BCUT2D eigenvalue weighted by Gasteiger charge is 1.80. The van der Waals surface area contributed by atoms with Crippen LogP contribution in [0.25, 0.3) is 0 Å². The minimum Gasteiger partial charge on any atom is -0.499 e. The molecule has 0 aromatic rings. The monoisotopic (exact) mass is 112 g/mol. The fraction of sp³-hybridized carbons (Fsp3) is 0.429. The van der Waals surface area contributed by atoms with Crippen molar-refractivity contribution < 1.29 is 4.74 Å². The zero-order chi connectivity index (χ0) is 6.41. The van der Waals surface area contributed by atoms with E-state index in [2.05, 4.69) is 13.2 Å². The van der Waals surface area contributed by atoms with Gasteiger partial charge in [-0.15, -0.1) is 6.58 Å². The summed E-state index contributed by atoms with van der Waals surface area (Å²) < 4.78 is 5.02. The summed E-state index contributed by atoms with van der Waals surface area (Å²) in [6, 6.07) is 0. The van der Waals surface area contributed by atoms with Crippen LogP contribution < -0.4 is 0 Å². The maximum Gasteiger partial charge on any atom is 0.0911 e. The Morgan fingerprint density at radius 1 is 1.75 bits per heavy atom. The normalized spacial score (nSPS) is 8.12. The van der Waals surface area contributed by atoms with Crippen LogP contribution in [0.1, 0.15) is 13.3 Å². The van der Waals surface area contributed by atoms with Crippen LogP contribution in [0.4, 0.5) is 0 Å². The molecule has 0 atom stereocenters. The molecule has 8 heavy (non-hydrogen) atoms. The predicted octanol–water partition coefficient (Wildman–Crippen LogP) is 2.11. The van der Waals surface area contributed by atoms with Gasteiger partial charge < -0.3 is 4.74 Å². The SMILES string of the molecule is C=CCCOC(=C)C. The van der Waals surface area contributed by atoms with Crippen LogP contribution in [0.3, 0.4) is 0 Å². The lowest BCUT2D eigenvalue weighted by Crippen LogP contribution is -1.87. The van der Waals surface area contributed by atoms with Gasteiger partial charge in [0.15, 0.2) is 0 Å². The molecule has 46 valence electrons. The summed E-state index contributed by atoms with van der Waals surface area (Å²) >= 11 is 0. The number of hydrogen-bond acceptors (Lipinski definition) is 1. The lowest BCUT2D eigenvalue weighted by molar-refractivity contribution is 0.221. The molecular formula is C7H12O. The molecular weight excluding hydrogens is 100 g/mol. The van der Waals surface area contributed by atoms with Crippen molar-refractivity contribution in [2.75, 3.05) is 6.61 Å². The molecule has 0 N–H and O–H groups in total. The van der Waals surface area contributed by atoms with E-state index in [0.717, 1.165) is 12.2 Å². The van der Waals surface area contributed by atoms with Crippen LogP contribution in [-0.4, -0.2) is 6.61 Å². The largest absolute Gasteiger partial charge is 0.499 e. The summed E-state index contributed by atoms with van der Waals surface area (Å²) in [5.41, 5.74) is 0. The first kappa shape index (κ1) is 7.28. The van der Waals surface area contributed by atoms with Gasteiger partial charge in [0, 0.05) is 0 Å². The highest BCUT2D eigenvalue weighted by Crippen LogP contribution is 1.91. The van der Waals surface area contributed by atoms with E-state index in [1.54, 1.807) is 0 Å². The predicted molar refractivity (Wildman–Crippen MR) is 35.6 cm³/mol. The number of rotatable bonds is 4. The molecule has 0 saturated carbocycles. The van der Waals surface area contributed by atoms with E-state index < -0.39 is 0 Å². The molecule has 1 nitrogen and oxygen atoms in total. The summed E-state index contributed by atoms with van der Waals surface area (Å²) in [5, 5.41) is 0. The zero-order valence-electron chi connectivity index (χ0n) is 5.31. The Balaban J connectivity index is 2.93. The van der Waals surface area contributed by atoms with E-state index >= 15 is 0 Å². The molecule has 0 aliphatic rings. The highest BCUT2D eigenvalue weighted by molar-refractivity contribution is 4.75. The van der Waals surface area contributed by atoms with Crippen molar-refractivity contribution in [2.24, 2.45) is 0 Å². The van der Waals surface area contributed by atoms with Crippen LogP contribution >= 0.6 is 0 Å². The Morgan fingerprint density at radius 3 is 2.75 bits per heavy atom. The summed E-state index contributed by atoms with van der Waals surface area (Å²) in [5.74, 6) is 0.770. The number of hydrogen-bond donors (Lipinski definition) is 0. The highest BCUT2D eigenvalue weighted by atomic mass is 16.5. The maximum atomic E-state index is 5.02. The third kappa shape index (κ3) is 5.28. The first-order chi connectivity index (χ1) is 3.77. The first-order valence-electron chi connectivity index (χ1n) is 2.66. The van der Waals surface area contributed by atoms with Crippen LogP contribution in [0.15, 0.2) is 25.0 Å². The second-order valence-electron chi connectivity index (χ2n) is 1.63. The van der Waals surface area contributed by atoms with Crippen molar-refractivity contribution in [3.05, 3.63) is 25.0 Å². The molecule has 0 aliphatic carbocycles. The topological polar surface area (TPSA) is 9.23 Å². The van der Waals surface area contributed by atoms with Gasteiger partial charge >= 0.3 is 0 Å². The maximum absolute atomic E-state index is 5.02. The van der Waals surface area contributed by atoms with Gasteiger partial charge in [-0.1, -0.05) is 12.7 Å². The smallest absolute Gasteiger partial charge is 0.0911 e. The van der Waals surface area contributed by atoms with E-state index in [0.29, 0.717) is 6.61 Å². The molecule has 0 rings (SSSR count). The van der Waals surface area contributed by atoms with Gasteiger partial charge in [-0.25, -0.2) is 0 Å². The van der Waals surface area contributed by atoms with Crippen LogP contribution in [0.2, 0.25) is 0 Å². The summed E-state index contributed by atoms with van der Waals surface area (Å²) in [7, 11) is 0. The molecule has 0 spiro atoms.